The number of aryl methyl sites for hydroxylation is 1. The Labute approximate surface area is 169 Å². The van der Waals surface area contributed by atoms with Gasteiger partial charge in [-0.15, -0.1) is 0 Å². The molecule has 3 aromatic carbocycles. The number of hydrazine groups is 1. The van der Waals surface area contributed by atoms with Gasteiger partial charge in [-0.2, -0.15) is 5.01 Å². The van der Waals surface area contributed by atoms with Gasteiger partial charge in [0.2, 0.25) is 0 Å². The van der Waals surface area contributed by atoms with Crippen LogP contribution in [0.3, 0.4) is 0 Å². The molecule has 29 heavy (non-hydrogen) atoms. The minimum atomic E-state index is -0.227. The van der Waals surface area contributed by atoms with E-state index in [0.717, 1.165) is 22.4 Å². The van der Waals surface area contributed by atoms with Crippen LogP contribution in [0.5, 0.6) is 5.75 Å². The first-order valence-electron chi connectivity index (χ1n) is 9.32. The zero-order valence-electron chi connectivity index (χ0n) is 16.3. The number of hydrogen-bond donors (Lipinski definition) is 1. The third kappa shape index (κ3) is 3.89. The normalized spacial score (nSPS) is 14.8. The molecule has 1 heterocycles. The SMILES string of the molecule is COc1ccccc1C=C1N=C(c2ccc(C)cc2)N(Nc2ccccc2)C1=O. The van der Waals surface area contributed by atoms with Gasteiger partial charge < -0.3 is 4.74 Å². The number of nitrogens with zero attached hydrogens (tertiary/aromatic N) is 2. The molecule has 1 aliphatic rings. The van der Waals surface area contributed by atoms with E-state index < -0.39 is 0 Å². The van der Waals surface area contributed by atoms with E-state index >= 15 is 0 Å². The lowest BCUT2D eigenvalue weighted by atomic mass is 10.1. The summed E-state index contributed by atoms with van der Waals surface area (Å²) in [5.74, 6) is 1.02. The molecule has 0 radical (unpaired) electrons. The molecule has 0 unspecified atom stereocenters. The number of carbonyl (C=O) groups is 1. The van der Waals surface area contributed by atoms with Crippen LogP contribution in [0, 0.1) is 6.92 Å². The quantitative estimate of drug-likeness (QED) is 0.652. The molecule has 1 aliphatic heterocycles. The summed E-state index contributed by atoms with van der Waals surface area (Å²) in [6.45, 7) is 2.03. The van der Waals surface area contributed by atoms with Crippen molar-refractivity contribution in [1.29, 1.82) is 0 Å². The number of carbonyl (C=O) groups excluding carboxylic acids is 1. The molecule has 4 rings (SSSR count). The van der Waals surface area contributed by atoms with Crippen molar-refractivity contribution in [2.24, 2.45) is 4.99 Å². The van der Waals surface area contributed by atoms with Gasteiger partial charge in [-0.3, -0.25) is 10.2 Å². The molecule has 0 saturated carbocycles. The Bertz CT molecular complexity index is 1090. The zero-order chi connectivity index (χ0) is 20.2. The highest BCUT2D eigenvalue weighted by Crippen LogP contribution is 2.26. The summed E-state index contributed by atoms with van der Waals surface area (Å²) in [6.07, 6.45) is 1.75. The lowest BCUT2D eigenvalue weighted by Gasteiger charge is -2.20. The van der Waals surface area contributed by atoms with Crippen LogP contribution in [0.1, 0.15) is 16.7 Å². The van der Waals surface area contributed by atoms with E-state index in [0.29, 0.717) is 17.3 Å². The molecule has 1 N–H and O–H groups in total. The van der Waals surface area contributed by atoms with Crippen LogP contribution in [-0.2, 0) is 4.79 Å². The first-order chi connectivity index (χ1) is 14.2. The van der Waals surface area contributed by atoms with Crippen molar-refractivity contribution >= 4 is 23.5 Å². The van der Waals surface area contributed by atoms with Crippen molar-refractivity contribution < 1.29 is 9.53 Å². The van der Waals surface area contributed by atoms with Crippen molar-refractivity contribution in [3.05, 3.63) is 101 Å². The number of benzene rings is 3. The minimum absolute atomic E-state index is 0.227. The highest BCUT2D eigenvalue weighted by Gasteiger charge is 2.31. The van der Waals surface area contributed by atoms with Gasteiger partial charge in [0.25, 0.3) is 5.91 Å². The number of amides is 1. The van der Waals surface area contributed by atoms with Crippen molar-refractivity contribution in [3.63, 3.8) is 0 Å². The number of ether oxygens (including phenoxy) is 1. The first kappa shape index (κ1) is 18.5. The van der Waals surface area contributed by atoms with E-state index in [1.54, 1.807) is 13.2 Å². The standard InChI is InChI=1S/C24H21N3O2/c1-17-12-14-18(15-13-17)23-25-21(16-19-8-6-7-11-22(19)29-2)24(28)27(23)26-20-9-4-3-5-10-20/h3-16,26H,1-2H3. The van der Waals surface area contributed by atoms with Crippen molar-refractivity contribution in [3.8, 4) is 5.75 Å². The number of hydrogen-bond acceptors (Lipinski definition) is 4. The molecule has 0 spiro atoms. The third-order valence-corrected chi connectivity index (χ3v) is 4.62. The molecule has 144 valence electrons. The Morgan fingerprint density at radius 1 is 0.931 bits per heavy atom. The molecule has 3 aromatic rings. The van der Waals surface area contributed by atoms with Crippen molar-refractivity contribution in [1.82, 2.24) is 5.01 Å². The molecule has 0 aromatic heterocycles. The Morgan fingerprint density at radius 3 is 2.34 bits per heavy atom. The number of nitrogens with one attached hydrogen (secondary N) is 1. The lowest BCUT2D eigenvalue weighted by Crippen LogP contribution is -2.37. The summed E-state index contributed by atoms with van der Waals surface area (Å²) in [7, 11) is 1.61. The van der Waals surface area contributed by atoms with Gasteiger partial charge in [0.05, 0.1) is 12.8 Å². The van der Waals surface area contributed by atoms with Gasteiger partial charge in [-0.25, -0.2) is 4.99 Å². The first-order valence-corrected chi connectivity index (χ1v) is 9.32. The zero-order valence-corrected chi connectivity index (χ0v) is 16.3. The molecule has 5 nitrogen and oxygen atoms in total. The van der Waals surface area contributed by atoms with Crippen LogP contribution in [0.2, 0.25) is 0 Å². The van der Waals surface area contributed by atoms with Crippen LogP contribution in [-0.4, -0.2) is 23.9 Å². The average Bonchev–Trinajstić information content (AvgIpc) is 3.05. The van der Waals surface area contributed by atoms with Crippen LogP contribution in [0.4, 0.5) is 5.69 Å². The van der Waals surface area contributed by atoms with Crippen molar-refractivity contribution in [2.45, 2.75) is 6.92 Å². The van der Waals surface area contributed by atoms with Gasteiger partial charge in [0.15, 0.2) is 5.84 Å². The second kappa shape index (κ2) is 8.02. The molecule has 0 saturated heterocycles. The molecule has 0 fully saturated rings. The molecule has 1 amide bonds. The largest absolute Gasteiger partial charge is 0.496 e. The lowest BCUT2D eigenvalue weighted by molar-refractivity contribution is -0.121. The Kier molecular flexibility index (Phi) is 5.12. The summed E-state index contributed by atoms with van der Waals surface area (Å²) < 4.78 is 5.40. The van der Waals surface area contributed by atoms with Gasteiger partial charge in [-0.05, 0) is 31.2 Å². The second-order valence-electron chi connectivity index (χ2n) is 6.69. The van der Waals surface area contributed by atoms with E-state index in [1.165, 1.54) is 5.01 Å². The summed E-state index contributed by atoms with van der Waals surface area (Å²) in [6, 6.07) is 25.1. The Balaban J connectivity index is 1.76. The van der Waals surface area contributed by atoms with Gasteiger partial charge in [-0.1, -0.05) is 66.2 Å². The fraction of sp³-hybridized carbons (Fsp3) is 0.0833. The highest BCUT2D eigenvalue weighted by atomic mass is 16.5. The smallest absolute Gasteiger partial charge is 0.297 e. The molecular weight excluding hydrogens is 362 g/mol. The molecular formula is C24H21N3O2. The minimum Gasteiger partial charge on any atom is -0.496 e. The van der Waals surface area contributed by atoms with E-state index in [1.807, 2.05) is 85.8 Å². The monoisotopic (exact) mass is 383 g/mol. The number of rotatable bonds is 5. The maximum absolute atomic E-state index is 13.2. The average molecular weight is 383 g/mol. The van der Waals surface area contributed by atoms with Crippen LogP contribution in [0.25, 0.3) is 6.08 Å². The third-order valence-electron chi connectivity index (χ3n) is 4.62. The second-order valence-corrected chi connectivity index (χ2v) is 6.69. The summed E-state index contributed by atoms with van der Waals surface area (Å²) >= 11 is 0. The number of aliphatic imine (C=N–C) groups is 1. The van der Waals surface area contributed by atoms with E-state index in [4.69, 9.17) is 4.74 Å². The van der Waals surface area contributed by atoms with Crippen LogP contribution < -0.4 is 10.2 Å². The van der Waals surface area contributed by atoms with Crippen LogP contribution >= 0.6 is 0 Å². The van der Waals surface area contributed by atoms with E-state index in [-0.39, 0.29) is 5.91 Å². The van der Waals surface area contributed by atoms with Gasteiger partial charge in [0.1, 0.15) is 11.4 Å². The van der Waals surface area contributed by atoms with Gasteiger partial charge >= 0.3 is 0 Å². The summed E-state index contributed by atoms with van der Waals surface area (Å²) in [5, 5.41) is 1.49. The predicted octanol–water partition coefficient (Wildman–Crippen LogP) is 4.66. The summed E-state index contributed by atoms with van der Waals surface area (Å²) in [4.78, 5) is 17.9. The Morgan fingerprint density at radius 2 is 1.62 bits per heavy atom. The van der Waals surface area contributed by atoms with E-state index in [2.05, 4.69) is 10.4 Å². The summed E-state index contributed by atoms with van der Waals surface area (Å²) in [5.41, 5.74) is 7.12. The number of amidine groups is 1. The maximum Gasteiger partial charge on any atom is 0.297 e. The predicted molar refractivity (Wildman–Crippen MR) is 116 cm³/mol. The number of para-hydroxylation sites is 2. The fourth-order valence-corrected chi connectivity index (χ4v) is 3.09. The van der Waals surface area contributed by atoms with E-state index in [9.17, 15) is 4.79 Å². The molecule has 0 aliphatic carbocycles. The topological polar surface area (TPSA) is 53.9 Å². The van der Waals surface area contributed by atoms with Crippen LogP contribution in [0.15, 0.2) is 89.6 Å². The molecule has 5 heteroatoms. The number of methoxy groups -OCH3 is 1. The fourth-order valence-electron chi connectivity index (χ4n) is 3.09. The van der Waals surface area contributed by atoms with Crippen molar-refractivity contribution in [2.75, 3.05) is 12.5 Å². The van der Waals surface area contributed by atoms with Gasteiger partial charge in [0, 0.05) is 11.1 Å². The molecule has 0 bridgehead atoms. The maximum atomic E-state index is 13.2. The highest BCUT2D eigenvalue weighted by molar-refractivity contribution is 6.20. The number of anilines is 1. The Hall–Kier alpha value is -3.86. The molecule has 0 atom stereocenters.